The van der Waals surface area contributed by atoms with Crippen molar-refractivity contribution in [1.82, 2.24) is 10.6 Å². The van der Waals surface area contributed by atoms with E-state index in [2.05, 4.69) is 10.6 Å². The standard InChI is InChI=1S/C40H68N2O31/c1-9(48)41-17-23(54)31(14(6-46)64-35(17)62)70-36-18(42-10(2)49)24(55)32(15(7-47)68-36)71-39-30(61)33(22(53)13(5-45)67-39)72-40-34(73-38-29(60)26(57)20(51)12(4-44)66-38)27(58)21(52)16(69-40)8-63-37-28(59)25(56)19(50)11(3-43)65-37/h11-40,43-47,50-62H,3-8H2,1-2H3,(H,41,48)(H,42,49)/t11-,12-,13-,14-,15-,16-,17-,18-,19-,20-,21-,22-,23-,24-,25+,26+,27+,28+,29+,30+,31-,32-,33+,34+,35?,36+,37+,38-,39+,40-/m1/s1. The van der Waals surface area contributed by atoms with Crippen LogP contribution in [0.2, 0.25) is 0 Å². The molecule has 33 heteroatoms. The molecule has 0 bridgehead atoms. The number of amides is 2. The topological polar surface area (TPSA) is 524 Å². The molecule has 424 valence electrons. The second-order valence-corrected chi connectivity index (χ2v) is 18.3. The lowest BCUT2D eigenvalue weighted by Crippen LogP contribution is -2.70. The molecule has 0 saturated carbocycles. The van der Waals surface area contributed by atoms with Gasteiger partial charge < -0.3 is 155 Å². The quantitative estimate of drug-likeness (QED) is 0.0606. The summed E-state index contributed by atoms with van der Waals surface area (Å²) in [4.78, 5) is 24.4. The van der Waals surface area contributed by atoms with Crippen LogP contribution in [0, 0.1) is 0 Å². The SMILES string of the molecule is CC(=O)N[C@H]1[C@H](O[C@H]2[C@H](O)[C@@H](NC(C)=O)C(O)O[C@@H]2CO)O[C@H](CO)[C@@H](O[C@@H]2O[C@H](CO)[C@@H](O)[C@H](O[C@H]3O[C@H](CO[C@H]4O[C@H](CO)[C@@H](O)[C@H](O)[C@@H]4O)[C@@H](O)[C@H](O)[C@@H]3O[C@H]3O[C@H](CO)[C@@H](O)[C@H](O)[C@@H]3O)[C@@H]2O)[C@@H]1O. The van der Waals surface area contributed by atoms with Crippen LogP contribution in [0.25, 0.3) is 0 Å². The number of hydrogen-bond acceptors (Lipinski definition) is 31. The number of nitrogens with one attached hydrogen (secondary N) is 2. The van der Waals surface area contributed by atoms with E-state index < -0.39 is 236 Å². The Morgan fingerprint density at radius 1 is 0.356 bits per heavy atom. The Labute approximate surface area is 413 Å². The molecule has 33 nitrogen and oxygen atoms in total. The van der Waals surface area contributed by atoms with Crippen LogP contribution in [0.1, 0.15) is 13.8 Å². The van der Waals surface area contributed by atoms with E-state index in [1.807, 2.05) is 0 Å². The number of rotatable bonds is 18. The Bertz CT molecular complexity index is 1740. The van der Waals surface area contributed by atoms with Crippen molar-refractivity contribution in [3.05, 3.63) is 0 Å². The van der Waals surface area contributed by atoms with Gasteiger partial charge in [-0.25, -0.2) is 0 Å². The molecule has 73 heavy (non-hydrogen) atoms. The zero-order valence-corrected chi connectivity index (χ0v) is 38.9. The third kappa shape index (κ3) is 13.0. The molecule has 6 fully saturated rings. The molecule has 0 aromatic rings. The Morgan fingerprint density at radius 2 is 0.740 bits per heavy atom. The molecule has 0 aromatic heterocycles. The smallest absolute Gasteiger partial charge is 0.217 e. The molecule has 6 aliphatic rings. The normalized spacial score (nSPS) is 49.8. The van der Waals surface area contributed by atoms with Gasteiger partial charge in [0.15, 0.2) is 37.7 Å². The highest BCUT2D eigenvalue weighted by atomic mass is 16.8. The minimum Gasteiger partial charge on any atom is -0.394 e. The zero-order valence-electron chi connectivity index (χ0n) is 38.9. The minimum atomic E-state index is -2.29. The van der Waals surface area contributed by atoms with Crippen molar-refractivity contribution in [3.63, 3.8) is 0 Å². The third-order valence-corrected chi connectivity index (χ3v) is 13.2. The van der Waals surface area contributed by atoms with Gasteiger partial charge in [-0.05, 0) is 0 Å². The minimum absolute atomic E-state index is 0.711. The van der Waals surface area contributed by atoms with Gasteiger partial charge in [0.1, 0.15) is 146 Å². The van der Waals surface area contributed by atoms with Crippen LogP contribution in [-0.2, 0) is 61.7 Å². The highest BCUT2D eigenvalue weighted by Crippen LogP contribution is 2.37. The first-order chi connectivity index (χ1) is 34.5. The summed E-state index contributed by atoms with van der Waals surface area (Å²) in [6.07, 6.45) is -53.9. The fourth-order valence-electron chi connectivity index (χ4n) is 9.20. The lowest BCUT2D eigenvalue weighted by molar-refractivity contribution is -0.398. The number of aliphatic hydroxyl groups is 18. The Balaban J connectivity index is 1.26. The molecule has 0 spiro atoms. The van der Waals surface area contributed by atoms with E-state index in [0.717, 1.165) is 13.8 Å². The predicted octanol–water partition coefficient (Wildman–Crippen LogP) is -13.8. The third-order valence-electron chi connectivity index (χ3n) is 13.2. The van der Waals surface area contributed by atoms with Crippen molar-refractivity contribution in [2.45, 2.75) is 198 Å². The average molecular weight is 1070 g/mol. The summed E-state index contributed by atoms with van der Waals surface area (Å²) in [6.45, 7) is -3.58. The maximum absolute atomic E-state index is 12.5. The van der Waals surface area contributed by atoms with Crippen LogP contribution < -0.4 is 10.6 Å². The van der Waals surface area contributed by atoms with Crippen molar-refractivity contribution in [1.29, 1.82) is 0 Å². The van der Waals surface area contributed by atoms with Crippen molar-refractivity contribution in [3.8, 4) is 0 Å². The fraction of sp³-hybridized carbons (Fsp3) is 0.950. The summed E-state index contributed by atoms with van der Waals surface area (Å²) in [5, 5.41) is 197. The maximum Gasteiger partial charge on any atom is 0.217 e. The van der Waals surface area contributed by atoms with E-state index >= 15 is 0 Å². The van der Waals surface area contributed by atoms with Gasteiger partial charge in [0, 0.05) is 13.8 Å². The largest absolute Gasteiger partial charge is 0.394 e. The van der Waals surface area contributed by atoms with Gasteiger partial charge in [0.25, 0.3) is 0 Å². The molecule has 6 rings (SSSR count). The van der Waals surface area contributed by atoms with Crippen molar-refractivity contribution < 1.29 is 154 Å². The van der Waals surface area contributed by atoms with Crippen LogP contribution in [0.5, 0.6) is 0 Å². The zero-order chi connectivity index (χ0) is 53.9. The lowest BCUT2D eigenvalue weighted by atomic mass is 9.94. The molecule has 6 saturated heterocycles. The van der Waals surface area contributed by atoms with Gasteiger partial charge in [0.05, 0.1) is 39.6 Å². The molecule has 20 N–H and O–H groups in total. The first kappa shape index (κ1) is 60.0. The second-order valence-electron chi connectivity index (χ2n) is 18.3. The number of carbonyl (C=O) groups excluding carboxylic acids is 2. The summed E-state index contributed by atoms with van der Waals surface area (Å²) >= 11 is 0. The molecule has 6 aliphatic heterocycles. The van der Waals surface area contributed by atoms with Gasteiger partial charge in [-0.2, -0.15) is 0 Å². The Hall–Kier alpha value is -2.22. The molecule has 0 aliphatic carbocycles. The van der Waals surface area contributed by atoms with Gasteiger partial charge >= 0.3 is 0 Å². The monoisotopic (exact) mass is 1070 g/mol. The first-order valence-corrected chi connectivity index (χ1v) is 23.1. The van der Waals surface area contributed by atoms with Crippen LogP contribution in [0.3, 0.4) is 0 Å². The van der Waals surface area contributed by atoms with Gasteiger partial charge in [-0.15, -0.1) is 0 Å². The predicted molar refractivity (Wildman–Crippen MR) is 222 cm³/mol. The van der Waals surface area contributed by atoms with Crippen molar-refractivity contribution in [2.24, 2.45) is 0 Å². The molecule has 6 heterocycles. The van der Waals surface area contributed by atoms with E-state index in [9.17, 15) is 102 Å². The Kier molecular flexibility index (Phi) is 21.3. The van der Waals surface area contributed by atoms with Crippen LogP contribution >= 0.6 is 0 Å². The van der Waals surface area contributed by atoms with Crippen LogP contribution in [0.15, 0.2) is 0 Å². The summed E-state index contributed by atoms with van der Waals surface area (Å²) in [6, 6.07) is -3.25. The molecular weight excluding hydrogens is 1000 g/mol. The van der Waals surface area contributed by atoms with E-state index in [-0.39, 0.29) is 0 Å². The summed E-state index contributed by atoms with van der Waals surface area (Å²) in [5.41, 5.74) is 0. The fourth-order valence-corrected chi connectivity index (χ4v) is 9.20. The Morgan fingerprint density at radius 3 is 1.27 bits per heavy atom. The summed E-state index contributed by atoms with van der Waals surface area (Å²) < 4.78 is 62.6. The maximum atomic E-state index is 12.5. The van der Waals surface area contributed by atoms with Crippen molar-refractivity contribution in [2.75, 3.05) is 39.6 Å². The number of aliphatic hydroxyl groups excluding tert-OH is 18. The average Bonchev–Trinajstić information content (AvgIpc) is 3.35. The first-order valence-electron chi connectivity index (χ1n) is 23.1. The van der Waals surface area contributed by atoms with E-state index in [1.165, 1.54) is 0 Å². The number of carbonyl (C=O) groups is 2. The molecule has 1 unspecified atom stereocenters. The van der Waals surface area contributed by atoms with Gasteiger partial charge in [-0.3, -0.25) is 9.59 Å². The molecule has 30 atom stereocenters. The number of hydrogen-bond donors (Lipinski definition) is 20. The highest BCUT2D eigenvalue weighted by molar-refractivity contribution is 5.73. The molecular formula is C40H68N2O31. The van der Waals surface area contributed by atoms with E-state index in [0.29, 0.717) is 0 Å². The van der Waals surface area contributed by atoms with Crippen molar-refractivity contribution >= 4 is 11.8 Å². The summed E-state index contributed by atoms with van der Waals surface area (Å²) in [5.74, 6) is -1.53. The van der Waals surface area contributed by atoms with E-state index in [1.54, 1.807) is 0 Å². The molecule has 0 radical (unpaired) electrons. The molecule has 0 aromatic carbocycles. The van der Waals surface area contributed by atoms with Crippen LogP contribution in [-0.4, -0.2) is 327 Å². The van der Waals surface area contributed by atoms with E-state index in [4.69, 9.17) is 52.1 Å². The van der Waals surface area contributed by atoms with Crippen LogP contribution in [0.4, 0.5) is 0 Å². The molecule has 2 amide bonds. The second kappa shape index (κ2) is 26.0. The lowest BCUT2D eigenvalue weighted by Gasteiger charge is -2.50. The number of ether oxygens (including phenoxy) is 11. The highest BCUT2D eigenvalue weighted by Gasteiger charge is 2.58. The van der Waals surface area contributed by atoms with Gasteiger partial charge in [0.2, 0.25) is 11.8 Å². The summed E-state index contributed by atoms with van der Waals surface area (Å²) in [7, 11) is 0. The van der Waals surface area contributed by atoms with Gasteiger partial charge in [-0.1, -0.05) is 0 Å².